The van der Waals surface area contributed by atoms with Crippen LogP contribution < -0.4 is 14.8 Å². The number of aromatic nitrogens is 1. The second kappa shape index (κ2) is 6.43. The van der Waals surface area contributed by atoms with Crippen LogP contribution in [0.5, 0.6) is 11.6 Å². The summed E-state index contributed by atoms with van der Waals surface area (Å²) in [7, 11) is 1.61. The summed E-state index contributed by atoms with van der Waals surface area (Å²) in [6.07, 6.45) is 0. The van der Waals surface area contributed by atoms with Crippen molar-refractivity contribution in [3.05, 3.63) is 40.8 Å². The van der Waals surface area contributed by atoms with Crippen molar-refractivity contribution in [2.24, 2.45) is 5.92 Å². The lowest BCUT2D eigenvalue weighted by Crippen LogP contribution is -2.37. The number of para-hydroxylation sites is 1. The van der Waals surface area contributed by atoms with Crippen molar-refractivity contribution in [1.82, 2.24) is 9.69 Å². The van der Waals surface area contributed by atoms with E-state index in [1.54, 1.807) is 7.11 Å². The number of hydrogen-bond acceptors (Lipinski definition) is 6. The highest BCUT2D eigenvalue weighted by Crippen LogP contribution is 2.35. The van der Waals surface area contributed by atoms with Crippen LogP contribution in [0.15, 0.2) is 30.3 Å². The molecular weight excluding hydrogens is 288 g/mol. The highest BCUT2D eigenvalue weighted by molar-refractivity contribution is 7.05. The summed E-state index contributed by atoms with van der Waals surface area (Å²) in [5.74, 6) is 1.58. The second-order valence-corrected chi connectivity index (χ2v) is 5.88. The van der Waals surface area contributed by atoms with Gasteiger partial charge < -0.3 is 19.9 Å². The molecule has 6 heteroatoms. The van der Waals surface area contributed by atoms with Crippen LogP contribution in [-0.4, -0.2) is 29.8 Å². The SMILES string of the molecule is COc1cc(CN[C@H]2c3ccccc3OC[C@H]2CO)sn1. The minimum absolute atomic E-state index is 0.0507. The van der Waals surface area contributed by atoms with E-state index in [9.17, 15) is 5.11 Å². The molecule has 1 aliphatic heterocycles. The number of fused-ring (bicyclic) bond motifs is 1. The number of nitrogens with zero attached hydrogens (tertiary/aromatic N) is 1. The highest BCUT2D eigenvalue weighted by Gasteiger charge is 2.30. The molecule has 0 aliphatic carbocycles. The molecule has 0 unspecified atom stereocenters. The molecule has 3 rings (SSSR count). The Morgan fingerprint density at radius 3 is 3.10 bits per heavy atom. The Hall–Kier alpha value is -1.63. The molecule has 0 amide bonds. The van der Waals surface area contributed by atoms with Gasteiger partial charge in [-0.2, -0.15) is 4.37 Å². The van der Waals surface area contributed by atoms with E-state index >= 15 is 0 Å². The van der Waals surface area contributed by atoms with E-state index in [2.05, 4.69) is 9.69 Å². The molecule has 1 aromatic carbocycles. The minimum atomic E-state index is 0.0507. The molecule has 2 aromatic rings. The van der Waals surface area contributed by atoms with Crippen LogP contribution >= 0.6 is 11.5 Å². The van der Waals surface area contributed by atoms with Crippen molar-refractivity contribution in [2.75, 3.05) is 20.3 Å². The zero-order valence-electron chi connectivity index (χ0n) is 11.8. The number of ether oxygens (including phenoxy) is 2. The third-order valence-electron chi connectivity index (χ3n) is 3.66. The molecule has 0 radical (unpaired) electrons. The first-order chi connectivity index (χ1) is 10.3. The molecule has 0 saturated carbocycles. The lowest BCUT2D eigenvalue weighted by molar-refractivity contribution is 0.110. The Morgan fingerprint density at radius 1 is 1.48 bits per heavy atom. The number of aliphatic hydroxyl groups is 1. The Balaban J connectivity index is 1.75. The molecule has 2 N–H and O–H groups in total. The number of aliphatic hydroxyl groups excluding tert-OH is 1. The van der Waals surface area contributed by atoms with E-state index in [1.165, 1.54) is 11.5 Å². The lowest BCUT2D eigenvalue weighted by Gasteiger charge is -2.33. The van der Waals surface area contributed by atoms with Crippen molar-refractivity contribution < 1.29 is 14.6 Å². The number of methoxy groups -OCH3 is 1. The van der Waals surface area contributed by atoms with Gasteiger partial charge in [-0.05, 0) is 17.6 Å². The molecule has 21 heavy (non-hydrogen) atoms. The molecule has 0 fully saturated rings. The highest BCUT2D eigenvalue weighted by atomic mass is 32.1. The first-order valence-corrected chi connectivity index (χ1v) is 7.64. The molecule has 112 valence electrons. The smallest absolute Gasteiger partial charge is 0.225 e. The van der Waals surface area contributed by atoms with Gasteiger partial charge in [0.15, 0.2) is 0 Å². The van der Waals surface area contributed by atoms with E-state index in [1.807, 2.05) is 30.3 Å². The summed E-state index contributed by atoms with van der Waals surface area (Å²) < 4.78 is 15.0. The second-order valence-electron chi connectivity index (χ2n) is 4.99. The zero-order chi connectivity index (χ0) is 14.7. The molecule has 0 saturated heterocycles. The van der Waals surface area contributed by atoms with E-state index in [0.29, 0.717) is 19.0 Å². The van der Waals surface area contributed by atoms with Crippen molar-refractivity contribution in [3.63, 3.8) is 0 Å². The maximum Gasteiger partial charge on any atom is 0.225 e. The summed E-state index contributed by atoms with van der Waals surface area (Å²) in [6.45, 7) is 1.31. The predicted molar refractivity (Wildman–Crippen MR) is 80.8 cm³/mol. The van der Waals surface area contributed by atoms with Crippen LogP contribution in [0.2, 0.25) is 0 Å². The normalized spacial score (nSPS) is 20.7. The van der Waals surface area contributed by atoms with Gasteiger partial charge in [0, 0.05) is 35.0 Å². The molecule has 5 nitrogen and oxygen atoms in total. The summed E-state index contributed by atoms with van der Waals surface area (Å²) in [6, 6.07) is 9.97. The van der Waals surface area contributed by atoms with E-state index in [0.717, 1.165) is 16.2 Å². The summed E-state index contributed by atoms with van der Waals surface area (Å²) in [5, 5.41) is 13.1. The summed E-state index contributed by atoms with van der Waals surface area (Å²) >= 11 is 1.42. The number of benzene rings is 1. The van der Waals surface area contributed by atoms with Gasteiger partial charge >= 0.3 is 0 Å². The Bertz CT molecular complexity index is 602. The van der Waals surface area contributed by atoms with Gasteiger partial charge in [0.1, 0.15) is 5.75 Å². The van der Waals surface area contributed by atoms with Crippen LogP contribution in [0, 0.1) is 5.92 Å². The van der Waals surface area contributed by atoms with Gasteiger partial charge in [0.05, 0.1) is 20.3 Å². The molecular formula is C15H18N2O3S. The van der Waals surface area contributed by atoms with Gasteiger partial charge in [-0.25, -0.2) is 0 Å². The van der Waals surface area contributed by atoms with E-state index in [-0.39, 0.29) is 18.6 Å². The van der Waals surface area contributed by atoms with Crippen molar-refractivity contribution in [1.29, 1.82) is 0 Å². The predicted octanol–water partition coefficient (Wildman–Crippen LogP) is 1.98. The quantitative estimate of drug-likeness (QED) is 0.884. The van der Waals surface area contributed by atoms with Gasteiger partial charge in [0.2, 0.25) is 5.88 Å². The fraction of sp³-hybridized carbons (Fsp3) is 0.400. The van der Waals surface area contributed by atoms with Crippen LogP contribution in [0.3, 0.4) is 0 Å². The minimum Gasteiger partial charge on any atom is -0.493 e. The zero-order valence-corrected chi connectivity index (χ0v) is 12.6. The van der Waals surface area contributed by atoms with Crippen LogP contribution in [0.4, 0.5) is 0 Å². The summed E-state index contributed by atoms with van der Waals surface area (Å²) in [5.41, 5.74) is 1.10. The third kappa shape index (κ3) is 3.02. The first-order valence-electron chi connectivity index (χ1n) is 6.87. The van der Waals surface area contributed by atoms with Gasteiger partial charge in [0.25, 0.3) is 0 Å². The molecule has 0 spiro atoms. The van der Waals surface area contributed by atoms with Gasteiger partial charge in [-0.3, -0.25) is 0 Å². The standard InChI is InChI=1S/C15H18N2O3S/c1-19-14-6-11(21-17-14)7-16-15-10(8-18)9-20-13-5-3-2-4-12(13)15/h2-6,10,15-16,18H,7-9H2,1H3/t10-,15-/m1/s1. The maximum absolute atomic E-state index is 9.58. The van der Waals surface area contributed by atoms with Crippen LogP contribution in [-0.2, 0) is 6.54 Å². The van der Waals surface area contributed by atoms with E-state index < -0.39 is 0 Å². The average Bonchev–Trinajstić information content (AvgIpc) is 3.00. The molecule has 0 bridgehead atoms. The average molecular weight is 306 g/mol. The van der Waals surface area contributed by atoms with Crippen molar-refractivity contribution >= 4 is 11.5 Å². The largest absolute Gasteiger partial charge is 0.493 e. The Morgan fingerprint density at radius 2 is 2.33 bits per heavy atom. The molecule has 1 aromatic heterocycles. The fourth-order valence-corrected chi connectivity index (χ4v) is 3.17. The van der Waals surface area contributed by atoms with Gasteiger partial charge in [-0.15, -0.1) is 0 Å². The molecule has 2 heterocycles. The lowest BCUT2D eigenvalue weighted by atomic mass is 9.91. The summed E-state index contributed by atoms with van der Waals surface area (Å²) in [4.78, 5) is 1.10. The number of rotatable bonds is 5. The maximum atomic E-state index is 9.58. The van der Waals surface area contributed by atoms with Gasteiger partial charge in [-0.1, -0.05) is 18.2 Å². The Kier molecular flexibility index (Phi) is 4.38. The van der Waals surface area contributed by atoms with Crippen LogP contribution in [0.25, 0.3) is 0 Å². The third-order valence-corrected chi connectivity index (χ3v) is 4.42. The fourth-order valence-electron chi connectivity index (χ4n) is 2.53. The first kappa shape index (κ1) is 14.3. The Labute approximate surface area is 127 Å². The van der Waals surface area contributed by atoms with E-state index in [4.69, 9.17) is 9.47 Å². The molecule has 2 atom stereocenters. The number of hydrogen-bond donors (Lipinski definition) is 2. The topological polar surface area (TPSA) is 63.6 Å². The van der Waals surface area contributed by atoms with Crippen molar-refractivity contribution in [3.8, 4) is 11.6 Å². The van der Waals surface area contributed by atoms with Crippen LogP contribution in [0.1, 0.15) is 16.5 Å². The van der Waals surface area contributed by atoms with Crippen molar-refractivity contribution in [2.45, 2.75) is 12.6 Å². The molecule has 1 aliphatic rings. The monoisotopic (exact) mass is 306 g/mol. The number of nitrogens with one attached hydrogen (secondary N) is 1.